The number of benzene rings is 3. The number of halogens is 1. The molecule has 0 radical (unpaired) electrons. The van der Waals surface area contributed by atoms with Crippen LogP contribution in [0.5, 0.6) is 5.75 Å². The van der Waals surface area contributed by atoms with Gasteiger partial charge in [-0.2, -0.15) is 5.10 Å². The van der Waals surface area contributed by atoms with Crippen LogP contribution in [0, 0.1) is 6.92 Å². The summed E-state index contributed by atoms with van der Waals surface area (Å²) in [5.74, 6) is -0.0852. The van der Waals surface area contributed by atoms with Crippen molar-refractivity contribution in [1.29, 1.82) is 0 Å². The summed E-state index contributed by atoms with van der Waals surface area (Å²) in [5.41, 5.74) is 5.86. The first-order valence-corrected chi connectivity index (χ1v) is 10.0. The third-order valence-electron chi connectivity index (χ3n) is 4.31. The van der Waals surface area contributed by atoms with E-state index in [-0.39, 0.29) is 12.5 Å². The fourth-order valence-electron chi connectivity index (χ4n) is 2.61. The molecule has 0 atom stereocenters. The lowest BCUT2D eigenvalue weighted by Crippen LogP contribution is -2.34. The topological polar surface area (TPSA) is 79.8 Å². The lowest BCUT2D eigenvalue weighted by atomic mass is 10.2. The number of amides is 2. The van der Waals surface area contributed by atoms with Crippen LogP contribution in [0.4, 0.5) is 0 Å². The molecule has 7 heteroatoms. The Bertz CT molecular complexity index is 1060. The van der Waals surface area contributed by atoms with Crippen molar-refractivity contribution in [1.82, 2.24) is 10.7 Å². The fraction of sp³-hybridized carbons (Fsp3) is 0.125. The Morgan fingerprint density at radius 2 is 1.77 bits per heavy atom. The molecule has 31 heavy (non-hydrogen) atoms. The third kappa shape index (κ3) is 7.28. The zero-order valence-electron chi connectivity index (χ0n) is 17.0. The number of hydrogen-bond donors (Lipinski definition) is 2. The van der Waals surface area contributed by atoms with Gasteiger partial charge in [-0.15, -0.1) is 0 Å². The summed E-state index contributed by atoms with van der Waals surface area (Å²) in [6.07, 6.45) is 1.51. The van der Waals surface area contributed by atoms with Gasteiger partial charge in [0, 0.05) is 10.6 Å². The Balaban J connectivity index is 1.41. The molecule has 2 N–H and O–H groups in total. The number of hydrogen-bond acceptors (Lipinski definition) is 4. The number of ether oxygens (including phenoxy) is 1. The van der Waals surface area contributed by atoms with Crippen LogP contribution in [0.3, 0.4) is 0 Å². The van der Waals surface area contributed by atoms with Crippen LogP contribution in [-0.4, -0.2) is 24.6 Å². The molecule has 0 aliphatic carbocycles. The second-order valence-electron chi connectivity index (χ2n) is 6.83. The molecule has 0 saturated heterocycles. The largest absolute Gasteiger partial charge is 0.489 e. The molecule has 0 aliphatic rings. The molecular formula is C24H22ClN3O3. The highest BCUT2D eigenvalue weighted by molar-refractivity contribution is 6.31. The first-order valence-electron chi connectivity index (χ1n) is 9.64. The molecule has 0 unspecified atom stereocenters. The molecule has 0 bridgehead atoms. The predicted octanol–water partition coefficient (Wildman–Crippen LogP) is 4.11. The van der Waals surface area contributed by atoms with Crippen LogP contribution in [0.15, 0.2) is 77.9 Å². The second kappa shape index (κ2) is 10.9. The Labute approximate surface area is 185 Å². The number of rotatable bonds is 8. The van der Waals surface area contributed by atoms with E-state index in [0.717, 1.165) is 16.9 Å². The van der Waals surface area contributed by atoms with E-state index in [1.807, 2.05) is 43.3 Å². The van der Waals surface area contributed by atoms with Gasteiger partial charge in [0.2, 0.25) is 0 Å². The van der Waals surface area contributed by atoms with Gasteiger partial charge in [0.15, 0.2) is 0 Å². The summed E-state index contributed by atoms with van der Waals surface area (Å²) >= 11 is 5.85. The van der Waals surface area contributed by atoms with E-state index in [9.17, 15) is 9.59 Å². The molecule has 3 aromatic rings. The molecule has 0 fully saturated rings. The number of carbonyl (C=O) groups excluding carboxylic acids is 2. The minimum absolute atomic E-state index is 0.200. The Hall–Kier alpha value is -3.64. The molecule has 3 aromatic carbocycles. The van der Waals surface area contributed by atoms with Gasteiger partial charge >= 0.3 is 0 Å². The van der Waals surface area contributed by atoms with Crippen LogP contribution in [-0.2, 0) is 11.4 Å². The standard InChI is InChI=1S/C24H22ClN3O3/c1-17-5-7-19(8-6-17)16-31-22-11-9-18(10-12-22)14-27-28-23(29)15-26-24(30)20-3-2-4-21(25)13-20/h2-14H,15-16H2,1H3,(H,26,30)(H,28,29)/b27-14-. The monoisotopic (exact) mass is 435 g/mol. The quantitative estimate of drug-likeness (QED) is 0.413. The van der Waals surface area contributed by atoms with E-state index in [1.165, 1.54) is 17.8 Å². The molecule has 0 aliphatic heterocycles. The maximum absolute atomic E-state index is 12.0. The van der Waals surface area contributed by atoms with E-state index in [4.69, 9.17) is 16.3 Å². The Morgan fingerprint density at radius 3 is 2.48 bits per heavy atom. The van der Waals surface area contributed by atoms with Gasteiger partial charge in [0.1, 0.15) is 12.4 Å². The summed E-state index contributed by atoms with van der Waals surface area (Å²) < 4.78 is 5.77. The summed E-state index contributed by atoms with van der Waals surface area (Å²) in [4.78, 5) is 23.8. The van der Waals surface area contributed by atoms with Crippen molar-refractivity contribution in [3.8, 4) is 5.75 Å². The number of carbonyl (C=O) groups is 2. The zero-order chi connectivity index (χ0) is 22.1. The summed E-state index contributed by atoms with van der Waals surface area (Å²) in [6, 6.07) is 22.0. The van der Waals surface area contributed by atoms with Crippen LogP contribution in [0.1, 0.15) is 27.0 Å². The summed E-state index contributed by atoms with van der Waals surface area (Å²) in [5, 5.41) is 6.86. The van der Waals surface area contributed by atoms with Crippen molar-refractivity contribution < 1.29 is 14.3 Å². The highest BCUT2D eigenvalue weighted by atomic mass is 35.5. The SMILES string of the molecule is Cc1ccc(COc2ccc(/C=N\NC(=O)CNC(=O)c3cccc(Cl)c3)cc2)cc1. The van der Waals surface area contributed by atoms with Gasteiger partial charge < -0.3 is 10.1 Å². The molecule has 0 heterocycles. The van der Waals surface area contributed by atoms with Gasteiger partial charge in [-0.3, -0.25) is 9.59 Å². The third-order valence-corrected chi connectivity index (χ3v) is 4.54. The lowest BCUT2D eigenvalue weighted by molar-refractivity contribution is -0.120. The van der Waals surface area contributed by atoms with Crippen molar-refractivity contribution in [3.63, 3.8) is 0 Å². The van der Waals surface area contributed by atoms with Crippen LogP contribution < -0.4 is 15.5 Å². The maximum Gasteiger partial charge on any atom is 0.259 e. The number of hydrazone groups is 1. The average Bonchev–Trinajstić information content (AvgIpc) is 2.78. The van der Waals surface area contributed by atoms with E-state index < -0.39 is 5.91 Å². The fourth-order valence-corrected chi connectivity index (χ4v) is 2.80. The van der Waals surface area contributed by atoms with Crippen molar-refractivity contribution in [2.75, 3.05) is 6.54 Å². The molecule has 0 aromatic heterocycles. The summed E-state index contributed by atoms with van der Waals surface area (Å²) in [7, 11) is 0. The van der Waals surface area contributed by atoms with E-state index in [1.54, 1.807) is 18.2 Å². The molecule has 158 valence electrons. The predicted molar refractivity (Wildman–Crippen MR) is 121 cm³/mol. The molecular weight excluding hydrogens is 414 g/mol. The smallest absolute Gasteiger partial charge is 0.259 e. The van der Waals surface area contributed by atoms with Crippen LogP contribution in [0.25, 0.3) is 0 Å². The number of nitrogens with zero attached hydrogens (tertiary/aromatic N) is 1. The van der Waals surface area contributed by atoms with Crippen molar-refractivity contribution >= 4 is 29.6 Å². The zero-order valence-corrected chi connectivity index (χ0v) is 17.7. The molecule has 6 nitrogen and oxygen atoms in total. The van der Waals surface area contributed by atoms with Gasteiger partial charge in [-0.1, -0.05) is 47.5 Å². The minimum atomic E-state index is -0.440. The number of aryl methyl sites for hydroxylation is 1. The first kappa shape index (κ1) is 22.1. The van der Waals surface area contributed by atoms with E-state index in [2.05, 4.69) is 28.0 Å². The Kier molecular flexibility index (Phi) is 7.79. The first-order chi connectivity index (χ1) is 15.0. The van der Waals surface area contributed by atoms with Gasteiger partial charge in [-0.25, -0.2) is 5.43 Å². The molecule has 0 saturated carbocycles. The Morgan fingerprint density at radius 1 is 1.03 bits per heavy atom. The average molecular weight is 436 g/mol. The summed E-state index contributed by atoms with van der Waals surface area (Å²) in [6.45, 7) is 2.34. The highest BCUT2D eigenvalue weighted by Gasteiger charge is 2.07. The molecule has 2 amide bonds. The van der Waals surface area contributed by atoms with Crippen LogP contribution >= 0.6 is 11.6 Å². The highest BCUT2D eigenvalue weighted by Crippen LogP contribution is 2.14. The minimum Gasteiger partial charge on any atom is -0.489 e. The second-order valence-corrected chi connectivity index (χ2v) is 7.27. The van der Waals surface area contributed by atoms with Crippen molar-refractivity contribution in [2.24, 2.45) is 5.10 Å². The van der Waals surface area contributed by atoms with Crippen molar-refractivity contribution in [3.05, 3.63) is 100 Å². The normalized spacial score (nSPS) is 10.6. The van der Waals surface area contributed by atoms with Crippen molar-refractivity contribution in [2.45, 2.75) is 13.5 Å². The van der Waals surface area contributed by atoms with Crippen LogP contribution in [0.2, 0.25) is 5.02 Å². The van der Waals surface area contributed by atoms with Gasteiger partial charge in [0.05, 0.1) is 12.8 Å². The lowest BCUT2D eigenvalue weighted by Gasteiger charge is -2.07. The van der Waals surface area contributed by atoms with Gasteiger partial charge in [-0.05, 0) is 60.5 Å². The van der Waals surface area contributed by atoms with Gasteiger partial charge in [0.25, 0.3) is 11.8 Å². The molecule has 3 rings (SSSR count). The van der Waals surface area contributed by atoms with E-state index in [0.29, 0.717) is 17.2 Å². The molecule has 0 spiro atoms. The number of nitrogens with one attached hydrogen (secondary N) is 2. The maximum atomic E-state index is 12.0. The van der Waals surface area contributed by atoms with E-state index >= 15 is 0 Å².